The minimum Gasteiger partial charge on any atom is -0.368 e. The molecule has 1 fully saturated rings. The van der Waals surface area contributed by atoms with Crippen LogP contribution in [0.3, 0.4) is 0 Å². The molecule has 1 aliphatic rings. The van der Waals surface area contributed by atoms with Crippen molar-refractivity contribution >= 4 is 23.3 Å². The van der Waals surface area contributed by atoms with Gasteiger partial charge in [-0.3, -0.25) is 0 Å². The normalized spacial score (nSPS) is 14.5. The van der Waals surface area contributed by atoms with Gasteiger partial charge in [-0.25, -0.2) is 4.79 Å². The molecule has 1 saturated heterocycles. The van der Waals surface area contributed by atoms with Gasteiger partial charge in [0.25, 0.3) is 0 Å². The molecule has 0 aliphatic carbocycles. The zero-order valence-electron chi connectivity index (χ0n) is 14.8. The lowest BCUT2D eigenvalue weighted by Gasteiger charge is -2.36. The number of urea groups is 1. The number of halogens is 1. The van der Waals surface area contributed by atoms with Crippen LogP contribution in [0.4, 0.5) is 10.5 Å². The van der Waals surface area contributed by atoms with Crippen molar-refractivity contribution in [1.82, 2.24) is 10.2 Å². The average Bonchev–Trinajstić information content (AvgIpc) is 2.63. The fraction of sp³-hybridized carbons (Fsp3) is 0.350. The molecule has 2 amide bonds. The van der Waals surface area contributed by atoms with Crippen molar-refractivity contribution in [3.63, 3.8) is 0 Å². The predicted molar refractivity (Wildman–Crippen MR) is 103 cm³/mol. The smallest absolute Gasteiger partial charge is 0.317 e. The van der Waals surface area contributed by atoms with Crippen molar-refractivity contribution in [2.45, 2.75) is 20.4 Å². The maximum Gasteiger partial charge on any atom is 0.317 e. The maximum atomic E-state index is 12.4. The van der Waals surface area contributed by atoms with Crippen LogP contribution in [0.1, 0.15) is 16.7 Å². The SMILES string of the molecule is Cc1ccccc1CNC(=O)N1CCN(c2cc(Cl)ccc2C)CC1. The molecular formula is C20H24ClN3O. The summed E-state index contributed by atoms with van der Waals surface area (Å²) in [5, 5.41) is 3.78. The Morgan fingerprint density at radius 3 is 2.48 bits per heavy atom. The van der Waals surface area contributed by atoms with Crippen molar-refractivity contribution in [3.05, 3.63) is 64.2 Å². The number of rotatable bonds is 3. The third-order valence-electron chi connectivity index (χ3n) is 4.77. The van der Waals surface area contributed by atoms with Gasteiger partial charge in [0.1, 0.15) is 0 Å². The minimum absolute atomic E-state index is 0.00530. The van der Waals surface area contributed by atoms with Crippen LogP contribution in [0.5, 0.6) is 0 Å². The highest BCUT2D eigenvalue weighted by Gasteiger charge is 2.22. The van der Waals surface area contributed by atoms with E-state index >= 15 is 0 Å². The number of hydrogen-bond donors (Lipinski definition) is 1. The Morgan fingerprint density at radius 1 is 1.04 bits per heavy atom. The molecule has 0 atom stereocenters. The van der Waals surface area contributed by atoms with Crippen LogP contribution in [0, 0.1) is 13.8 Å². The molecule has 1 heterocycles. The van der Waals surface area contributed by atoms with E-state index < -0.39 is 0 Å². The van der Waals surface area contributed by atoms with Crippen LogP contribution >= 0.6 is 11.6 Å². The second kappa shape index (κ2) is 7.79. The van der Waals surface area contributed by atoms with E-state index in [0.29, 0.717) is 19.6 Å². The zero-order chi connectivity index (χ0) is 17.8. The molecule has 3 rings (SSSR count). The van der Waals surface area contributed by atoms with E-state index in [-0.39, 0.29) is 6.03 Å². The second-order valence-electron chi connectivity index (χ2n) is 6.49. The summed E-state index contributed by atoms with van der Waals surface area (Å²) >= 11 is 6.13. The molecular weight excluding hydrogens is 334 g/mol. The van der Waals surface area contributed by atoms with Gasteiger partial charge >= 0.3 is 6.03 Å². The lowest BCUT2D eigenvalue weighted by Crippen LogP contribution is -2.51. The monoisotopic (exact) mass is 357 g/mol. The minimum atomic E-state index is 0.00530. The van der Waals surface area contributed by atoms with Crippen LogP contribution < -0.4 is 10.2 Å². The number of nitrogens with zero attached hydrogens (tertiary/aromatic N) is 2. The first-order valence-electron chi connectivity index (χ1n) is 8.63. The first kappa shape index (κ1) is 17.6. The molecule has 5 heteroatoms. The number of amides is 2. The molecule has 0 aromatic heterocycles. The van der Waals surface area contributed by atoms with Gasteiger partial charge < -0.3 is 15.1 Å². The van der Waals surface area contributed by atoms with Crippen molar-refractivity contribution in [3.8, 4) is 0 Å². The highest BCUT2D eigenvalue weighted by Crippen LogP contribution is 2.25. The van der Waals surface area contributed by atoms with E-state index in [1.165, 1.54) is 11.1 Å². The Kier molecular flexibility index (Phi) is 5.49. The van der Waals surface area contributed by atoms with Gasteiger partial charge in [0.2, 0.25) is 0 Å². The van der Waals surface area contributed by atoms with Crippen LogP contribution in [-0.4, -0.2) is 37.1 Å². The zero-order valence-corrected chi connectivity index (χ0v) is 15.5. The number of anilines is 1. The third-order valence-corrected chi connectivity index (χ3v) is 5.01. The number of nitrogens with one attached hydrogen (secondary N) is 1. The summed E-state index contributed by atoms with van der Waals surface area (Å²) in [6.45, 7) is 7.79. The van der Waals surface area contributed by atoms with Crippen LogP contribution in [-0.2, 0) is 6.54 Å². The molecule has 2 aromatic rings. The van der Waals surface area contributed by atoms with Crippen molar-refractivity contribution < 1.29 is 4.79 Å². The molecule has 1 N–H and O–H groups in total. The fourth-order valence-electron chi connectivity index (χ4n) is 3.16. The molecule has 0 saturated carbocycles. The number of piperazine rings is 1. The van der Waals surface area contributed by atoms with E-state index in [0.717, 1.165) is 29.4 Å². The van der Waals surface area contributed by atoms with Crippen molar-refractivity contribution in [2.75, 3.05) is 31.1 Å². The van der Waals surface area contributed by atoms with Crippen LogP contribution in [0.25, 0.3) is 0 Å². The summed E-state index contributed by atoms with van der Waals surface area (Å²) in [5.74, 6) is 0. The van der Waals surface area contributed by atoms with E-state index in [4.69, 9.17) is 11.6 Å². The van der Waals surface area contributed by atoms with Gasteiger partial charge in [0.05, 0.1) is 0 Å². The second-order valence-corrected chi connectivity index (χ2v) is 6.93. The Morgan fingerprint density at radius 2 is 1.76 bits per heavy atom. The first-order chi connectivity index (χ1) is 12.0. The van der Waals surface area contributed by atoms with E-state index in [2.05, 4.69) is 36.2 Å². The summed E-state index contributed by atoms with van der Waals surface area (Å²) in [6.07, 6.45) is 0. The predicted octanol–water partition coefficient (Wildman–Crippen LogP) is 3.99. The van der Waals surface area contributed by atoms with Gasteiger partial charge in [0, 0.05) is 43.4 Å². The summed E-state index contributed by atoms with van der Waals surface area (Å²) in [5.41, 5.74) is 4.72. The van der Waals surface area contributed by atoms with E-state index in [9.17, 15) is 4.79 Å². The summed E-state index contributed by atoms with van der Waals surface area (Å²) in [4.78, 5) is 16.6. The Labute approximate surface area is 154 Å². The summed E-state index contributed by atoms with van der Waals surface area (Å²) < 4.78 is 0. The Bertz CT molecular complexity index is 754. The molecule has 1 aliphatic heterocycles. The maximum absolute atomic E-state index is 12.4. The Balaban J connectivity index is 1.54. The van der Waals surface area contributed by atoms with E-state index in [1.54, 1.807) is 0 Å². The number of hydrogen-bond acceptors (Lipinski definition) is 2. The molecule has 0 unspecified atom stereocenters. The van der Waals surface area contributed by atoms with Gasteiger partial charge in [0.15, 0.2) is 0 Å². The van der Waals surface area contributed by atoms with Gasteiger partial charge in [-0.1, -0.05) is 41.9 Å². The lowest BCUT2D eigenvalue weighted by molar-refractivity contribution is 0.194. The highest BCUT2D eigenvalue weighted by atomic mass is 35.5. The van der Waals surface area contributed by atoms with Crippen molar-refractivity contribution in [1.29, 1.82) is 0 Å². The van der Waals surface area contributed by atoms with Crippen molar-refractivity contribution in [2.24, 2.45) is 0 Å². The van der Waals surface area contributed by atoms with Gasteiger partial charge in [-0.05, 0) is 42.7 Å². The quantitative estimate of drug-likeness (QED) is 0.901. The molecule has 4 nitrogen and oxygen atoms in total. The molecule has 132 valence electrons. The topological polar surface area (TPSA) is 35.6 Å². The van der Waals surface area contributed by atoms with Gasteiger partial charge in [-0.2, -0.15) is 0 Å². The fourth-order valence-corrected chi connectivity index (χ4v) is 3.33. The molecule has 2 aromatic carbocycles. The molecule has 0 radical (unpaired) electrons. The van der Waals surface area contributed by atoms with Gasteiger partial charge in [-0.15, -0.1) is 0 Å². The number of benzene rings is 2. The third kappa shape index (κ3) is 4.26. The Hall–Kier alpha value is -2.20. The standard InChI is InChI=1S/C20H24ClN3O/c1-15-5-3-4-6-17(15)14-22-20(25)24-11-9-23(10-12-24)19-13-18(21)8-7-16(19)2/h3-8,13H,9-12,14H2,1-2H3,(H,22,25). The molecule has 0 spiro atoms. The van der Waals surface area contributed by atoms with Crippen LogP contribution in [0.15, 0.2) is 42.5 Å². The number of carbonyl (C=O) groups excluding carboxylic acids is 1. The first-order valence-corrected chi connectivity index (χ1v) is 9.01. The summed E-state index contributed by atoms with van der Waals surface area (Å²) in [6, 6.07) is 14.1. The van der Waals surface area contributed by atoms with Crippen LogP contribution in [0.2, 0.25) is 5.02 Å². The lowest BCUT2D eigenvalue weighted by atomic mass is 10.1. The average molecular weight is 358 g/mol. The number of aryl methyl sites for hydroxylation is 2. The summed E-state index contributed by atoms with van der Waals surface area (Å²) in [7, 11) is 0. The molecule has 0 bridgehead atoms. The highest BCUT2D eigenvalue weighted by molar-refractivity contribution is 6.30. The number of carbonyl (C=O) groups is 1. The largest absolute Gasteiger partial charge is 0.368 e. The van der Waals surface area contributed by atoms with E-state index in [1.807, 2.05) is 35.2 Å². The molecule has 25 heavy (non-hydrogen) atoms.